The van der Waals surface area contributed by atoms with Crippen molar-refractivity contribution in [1.82, 2.24) is 5.09 Å². The van der Waals surface area contributed by atoms with Crippen LogP contribution in [0.5, 0.6) is 5.75 Å². The van der Waals surface area contributed by atoms with Gasteiger partial charge >= 0.3 is 13.5 Å². The molecule has 0 saturated heterocycles. The van der Waals surface area contributed by atoms with Gasteiger partial charge in [0.05, 0.1) is 5.02 Å². The van der Waals surface area contributed by atoms with E-state index in [-0.39, 0.29) is 17.2 Å². The topological polar surface area (TPSA) is 64.6 Å². The first-order valence-corrected chi connectivity index (χ1v) is 10.8. The Bertz CT molecular complexity index is 854. The van der Waals surface area contributed by atoms with Crippen LogP contribution in [-0.4, -0.2) is 18.2 Å². The number of hydrogen-bond acceptors (Lipinski definition) is 4. The van der Waals surface area contributed by atoms with Crippen LogP contribution >= 0.6 is 30.7 Å². The first-order chi connectivity index (χ1) is 12.5. The molecule has 1 N–H and O–H groups in total. The third-order valence-electron chi connectivity index (χ3n) is 3.50. The lowest BCUT2D eigenvalue weighted by molar-refractivity contribution is -0.151. The molecule has 5 nitrogen and oxygen atoms in total. The number of halogens is 3. The van der Waals surface area contributed by atoms with Crippen molar-refractivity contribution in [3.05, 3.63) is 63.9 Å². The van der Waals surface area contributed by atoms with Gasteiger partial charge in [0.15, 0.2) is 0 Å². The smallest absolute Gasteiger partial charge is 0.326 e. The SMILES string of the molecule is CC(C)(NP(C)(=O)Oc1ccc(Cl)cc1)C(=O)OCc1c(F)cccc1Cl. The molecule has 0 amide bonds. The molecular formula is C18H19Cl2FNO4P. The average molecular weight is 434 g/mol. The molecule has 0 aliphatic heterocycles. The maximum atomic E-state index is 13.8. The predicted molar refractivity (Wildman–Crippen MR) is 104 cm³/mol. The second-order valence-electron chi connectivity index (χ2n) is 6.40. The van der Waals surface area contributed by atoms with Crippen LogP contribution in [0.3, 0.4) is 0 Å². The summed E-state index contributed by atoms with van der Waals surface area (Å²) in [5.41, 5.74) is -1.28. The molecule has 0 fully saturated rings. The van der Waals surface area contributed by atoms with E-state index in [0.717, 1.165) is 0 Å². The van der Waals surface area contributed by atoms with Gasteiger partial charge in [-0.25, -0.2) is 9.48 Å². The zero-order valence-electron chi connectivity index (χ0n) is 15.0. The lowest BCUT2D eigenvalue weighted by Crippen LogP contribution is -2.46. The van der Waals surface area contributed by atoms with E-state index < -0.39 is 24.8 Å². The molecule has 27 heavy (non-hydrogen) atoms. The molecule has 1 unspecified atom stereocenters. The van der Waals surface area contributed by atoms with Crippen LogP contribution in [0, 0.1) is 5.82 Å². The molecule has 0 aromatic heterocycles. The molecule has 146 valence electrons. The first kappa shape index (κ1) is 21.7. The Morgan fingerprint density at radius 3 is 2.41 bits per heavy atom. The van der Waals surface area contributed by atoms with Crippen LogP contribution in [0.4, 0.5) is 4.39 Å². The molecule has 0 spiro atoms. The number of nitrogens with one attached hydrogen (secondary N) is 1. The number of hydrogen-bond donors (Lipinski definition) is 1. The van der Waals surface area contributed by atoms with Gasteiger partial charge in [0.25, 0.3) is 0 Å². The van der Waals surface area contributed by atoms with E-state index in [9.17, 15) is 13.8 Å². The Hall–Kier alpha value is -1.59. The summed E-state index contributed by atoms with van der Waals surface area (Å²) in [5, 5.41) is 3.32. The van der Waals surface area contributed by atoms with Crippen molar-refractivity contribution in [2.75, 3.05) is 6.66 Å². The van der Waals surface area contributed by atoms with Crippen molar-refractivity contribution in [3.63, 3.8) is 0 Å². The van der Waals surface area contributed by atoms with Crippen LogP contribution in [0.2, 0.25) is 10.0 Å². The second kappa shape index (κ2) is 8.61. The molecule has 0 aliphatic rings. The number of carbonyl (C=O) groups excluding carboxylic acids is 1. The highest BCUT2D eigenvalue weighted by Crippen LogP contribution is 2.41. The summed E-state index contributed by atoms with van der Waals surface area (Å²) >= 11 is 11.7. The number of benzene rings is 2. The minimum absolute atomic E-state index is 0.0698. The monoisotopic (exact) mass is 433 g/mol. The van der Waals surface area contributed by atoms with Gasteiger partial charge in [-0.15, -0.1) is 0 Å². The third kappa shape index (κ3) is 6.22. The number of rotatable bonds is 7. The third-order valence-corrected chi connectivity index (χ3v) is 5.63. The molecule has 2 rings (SSSR count). The van der Waals surface area contributed by atoms with Gasteiger partial charge in [0.2, 0.25) is 0 Å². The number of ether oxygens (including phenoxy) is 1. The second-order valence-corrected chi connectivity index (χ2v) is 9.35. The fraction of sp³-hybridized carbons (Fsp3) is 0.278. The largest absolute Gasteiger partial charge is 0.459 e. The van der Waals surface area contributed by atoms with Crippen molar-refractivity contribution in [2.45, 2.75) is 26.0 Å². The van der Waals surface area contributed by atoms with Gasteiger partial charge in [-0.2, -0.15) is 0 Å². The molecule has 0 saturated carbocycles. The van der Waals surface area contributed by atoms with E-state index in [1.165, 1.54) is 38.7 Å². The van der Waals surface area contributed by atoms with Crippen molar-refractivity contribution in [1.29, 1.82) is 0 Å². The Kier molecular flexibility index (Phi) is 6.92. The molecule has 0 aliphatic carbocycles. The van der Waals surface area contributed by atoms with E-state index >= 15 is 0 Å². The van der Waals surface area contributed by atoms with Gasteiger partial charge in [0, 0.05) is 17.3 Å². The minimum Gasteiger partial charge on any atom is -0.459 e. The Balaban J connectivity index is 2.02. The predicted octanol–water partition coefficient (Wildman–Crippen LogP) is 5.45. The van der Waals surface area contributed by atoms with E-state index in [1.54, 1.807) is 24.3 Å². The van der Waals surface area contributed by atoms with E-state index in [4.69, 9.17) is 32.5 Å². The summed E-state index contributed by atoms with van der Waals surface area (Å²) in [6, 6.07) is 10.5. The highest BCUT2D eigenvalue weighted by molar-refractivity contribution is 7.56. The zero-order valence-corrected chi connectivity index (χ0v) is 17.4. The minimum atomic E-state index is -3.41. The average Bonchev–Trinajstić information content (AvgIpc) is 2.55. The fourth-order valence-electron chi connectivity index (χ4n) is 2.26. The summed E-state index contributed by atoms with van der Waals surface area (Å²) in [7, 11) is -3.41. The van der Waals surface area contributed by atoms with Crippen LogP contribution in [0.15, 0.2) is 42.5 Å². The van der Waals surface area contributed by atoms with Gasteiger partial charge in [-0.05, 0) is 50.2 Å². The van der Waals surface area contributed by atoms with Crippen LogP contribution in [-0.2, 0) is 20.7 Å². The summed E-state index contributed by atoms with van der Waals surface area (Å²) < 4.78 is 37.1. The van der Waals surface area contributed by atoms with Gasteiger partial charge < -0.3 is 9.26 Å². The molecule has 0 heterocycles. The Morgan fingerprint density at radius 1 is 1.19 bits per heavy atom. The van der Waals surface area contributed by atoms with Crippen molar-refractivity contribution >= 4 is 36.7 Å². The molecular weight excluding hydrogens is 415 g/mol. The first-order valence-electron chi connectivity index (χ1n) is 7.92. The maximum absolute atomic E-state index is 13.8. The number of carbonyl (C=O) groups is 1. The molecule has 1 atom stereocenters. The van der Waals surface area contributed by atoms with Crippen molar-refractivity contribution < 1.29 is 23.0 Å². The van der Waals surface area contributed by atoms with E-state index in [1.807, 2.05) is 0 Å². The highest BCUT2D eigenvalue weighted by Gasteiger charge is 2.36. The lowest BCUT2D eigenvalue weighted by Gasteiger charge is -2.28. The fourth-order valence-corrected chi connectivity index (χ4v) is 4.28. The Morgan fingerprint density at radius 2 is 1.81 bits per heavy atom. The van der Waals surface area contributed by atoms with Crippen LogP contribution in [0.1, 0.15) is 19.4 Å². The summed E-state index contributed by atoms with van der Waals surface area (Å²) in [6.07, 6.45) is 0. The molecule has 9 heteroatoms. The highest BCUT2D eigenvalue weighted by atomic mass is 35.5. The number of esters is 1. The quantitative estimate of drug-likeness (QED) is 0.464. The zero-order chi connectivity index (χ0) is 20.2. The van der Waals surface area contributed by atoms with Gasteiger partial charge in [0.1, 0.15) is 23.7 Å². The Labute approximate surface area is 167 Å². The molecule has 0 bridgehead atoms. The molecule has 0 radical (unpaired) electrons. The van der Waals surface area contributed by atoms with Gasteiger partial charge in [-0.1, -0.05) is 29.3 Å². The molecule has 2 aromatic carbocycles. The summed E-state index contributed by atoms with van der Waals surface area (Å²) in [5.74, 6) is -0.975. The van der Waals surface area contributed by atoms with E-state index in [0.29, 0.717) is 10.8 Å². The lowest BCUT2D eigenvalue weighted by atomic mass is 10.1. The van der Waals surface area contributed by atoms with Crippen LogP contribution in [0.25, 0.3) is 0 Å². The van der Waals surface area contributed by atoms with Crippen molar-refractivity contribution in [2.24, 2.45) is 0 Å². The van der Waals surface area contributed by atoms with E-state index in [2.05, 4.69) is 5.09 Å². The maximum Gasteiger partial charge on any atom is 0.326 e. The van der Waals surface area contributed by atoms with Gasteiger partial charge in [-0.3, -0.25) is 9.36 Å². The summed E-state index contributed by atoms with van der Waals surface area (Å²) in [6.45, 7) is 3.96. The standard InChI is InChI=1S/C18H19Cl2FNO4P/c1-18(2,17(23)25-11-14-15(20)5-4-6-16(14)21)22-27(3,24)26-13-9-7-12(19)8-10-13/h4-10H,11H2,1-3H3,(H,22,24). The van der Waals surface area contributed by atoms with Crippen LogP contribution < -0.4 is 9.61 Å². The summed E-state index contributed by atoms with van der Waals surface area (Å²) in [4.78, 5) is 12.4. The normalized spacial score (nSPS) is 13.7. The molecule has 2 aromatic rings. The van der Waals surface area contributed by atoms with Crippen molar-refractivity contribution in [3.8, 4) is 5.75 Å².